The number of hydrogen-bond donors (Lipinski definition) is 3. The van der Waals surface area contributed by atoms with Crippen molar-refractivity contribution in [2.24, 2.45) is 0 Å². The standard InChI is InChI=1S/C12H13N5O7/c18-4-8-7(19)1-10(24-8)16-2-6(11(20)14-12(16)21)15-3-9(13-5-15)17(22)23/h2-3,5,7-8,10,18-19H,1,4H2,(H,14,20,21)/t7-,8+,10-/m0/s1. The number of nitrogens with one attached hydrogen (secondary N) is 1. The number of nitrogens with zero attached hydrogens (tertiary/aromatic N) is 4. The molecular formula is C12H13N5O7. The smallest absolute Gasteiger partial charge is 0.381 e. The first kappa shape index (κ1) is 16.0. The Balaban J connectivity index is 2.02. The first-order valence-corrected chi connectivity index (χ1v) is 6.89. The molecule has 0 radical (unpaired) electrons. The van der Waals surface area contributed by atoms with E-state index < -0.39 is 47.0 Å². The average Bonchev–Trinajstić information content (AvgIpc) is 3.14. The van der Waals surface area contributed by atoms with Crippen LogP contribution in [0.3, 0.4) is 0 Å². The summed E-state index contributed by atoms with van der Waals surface area (Å²) >= 11 is 0. The third-order valence-electron chi connectivity index (χ3n) is 3.68. The monoisotopic (exact) mass is 339 g/mol. The zero-order valence-corrected chi connectivity index (χ0v) is 12.1. The van der Waals surface area contributed by atoms with Gasteiger partial charge in [-0.3, -0.25) is 18.9 Å². The number of H-pyrrole nitrogens is 1. The predicted molar refractivity (Wildman–Crippen MR) is 76.7 cm³/mol. The molecule has 0 unspecified atom stereocenters. The average molecular weight is 339 g/mol. The number of rotatable bonds is 4. The second-order valence-corrected chi connectivity index (χ2v) is 5.19. The number of ether oxygens (including phenoxy) is 1. The van der Waals surface area contributed by atoms with E-state index in [-0.39, 0.29) is 12.1 Å². The zero-order valence-electron chi connectivity index (χ0n) is 12.1. The summed E-state index contributed by atoms with van der Waals surface area (Å²) in [5, 5.41) is 29.5. The number of aromatic amines is 1. The SMILES string of the molecule is O=c1[nH]c(=O)n([C@@H]2C[C@H](O)[C@@H](CO)O2)cc1-n1cnc([N+](=O)[O-])c1. The highest BCUT2D eigenvalue weighted by molar-refractivity contribution is 5.29. The van der Waals surface area contributed by atoms with Gasteiger partial charge >= 0.3 is 11.5 Å². The Morgan fingerprint density at radius 2 is 2.21 bits per heavy atom. The van der Waals surface area contributed by atoms with E-state index in [1.54, 1.807) is 0 Å². The number of nitro groups is 1. The largest absolute Gasteiger partial charge is 0.394 e. The molecule has 3 heterocycles. The molecule has 1 aliphatic heterocycles. The first-order chi connectivity index (χ1) is 11.4. The summed E-state index contributed by atoms with van der Waals surface area (Å²) in [5.41, 5.74) is -1.62. The van der Waals surface area contributed by atoms with Crippen molar-refractivity contribution in [1.82, 2.24) is 19.1 Å². The van der Waals surface area contributed by atoms with Crippen molar-refractivity contribution in [1.29, 1.82) is 0 Å². The Morgan fingerprint density at radius 1 is 1.46 bits per heavy atom. The molecule has 2 aromatic heterocycles. The van der Waals surface area contributed by atoms with Gasteiger partial charge in [-0.15, -0.1) is 0 Å². The lowest BCUT2D eigenvalue weighted by molar-refractivity contribution is -0.389. The highest BCUT2D eigenvalue weighted by atomic mass is 16.6. The fourth-order valence-corrected chi connectivity index (χ4v) is 2.46. The molecule has 0 amide bonds. The van der Waals surface area contributed by atoms with Gasteiger partial charge in [-0.2, -0.15) is 0 Å². The van der Waals surface area contributed by atoms with Crippen LogP contribution in [-0.4, -0.2) is 53.1 Å². The van der Waals surface area contributed by atoms with Gasteiger partial charge in [0.15, 0.2) is 0 Å². The topological polar surface area (TPSA) is 166 Å². The minimum Gasteiger partial charge on any atom is -0.394 e. The third-order valence-corrected chi connectivity index (χ3v) is 3.68. The van der Waals surface area contributed by atoms with E-state index in [0.29, 0.717) is 0 Å². The molecule has 12 nitrogen and oxygen atoms in total. The van der Waals surface area contributed by atoms with Crippen LogP contribution < -0.4 is 11.2 Å². The highest BCUT2D eigenvalue weighted by Gasteiger charge is 2.35. The van der Waals surface area contributed by atoms with E-state index in [0.717, 1.165) is 27.9 Å². The summed E-state index contributed by atoms with van der Waals surface area (Å²) < 4.78 is 7.51. The summed E-state index contributed by atoms with van der Waals surface area (Å²) in [4.78, 5) is 39.5. The molecule has 0 aromatic carbocycles. The second-order valence-electron chi connectivity index (χ2n) is 5.19. The van der Waals surface area contributed by atoms with E-state index in [4.69, 9.17) is 9.84 Å². The van der Waals surface area contributed by atoms with Crippen LogP contribution in [0.25, 0.3) is 5.69 Å². The van der Waals surface area contributed by atoms with Crippen LogP contribution in [-0.2, 0) is 4.74 Å². The summed E-state index contributed by atoms with van der Waals surface area (Å²) in [6.07, 6.45) is 0.602. The van der Waals surface area contributed by atoms with Crippen molar-refractivity contribution in [3.8, 4) is 5.69 Å². The van der Waals surface area contributed by atoms with Crippen LogP contribution in [0.5, 0.6) is 0 Å². The van der Waals surface area contributed by atoms with E-state index in [9.17, 15) is 24.8 Å². The molecule has 0 bridgehead atoms. The molecule has 1 aliphatic rings. The Kier molecular flexibility index (Phi) is 4.01. The van der Waals surface area contributed by atoms with Gasteiger partial charge in [-0.05, 0) is 9.91 Å². The Hall–Kier alpha value is -2.83. The summed E-state index contributed by atoms with van der Waals surface area (Å²) in [6, 6.07) is 0. The molecule has 1 saturated heterocycles. The summed E-state index contributed by atoms with van der Waals surface area (Å²) in [7, 11) is 0. The van der Waals surface area contributed by atoms with Gasteiger partial charge in [0, 0.05) is 12.6 Å². The van der Waals surface area contributed by atoms with Gasteiger partial charge in [0.1, 0.15) is 24.2 Å². The van der Waals surface area contributed by atoms with Gasteiger partial charge in [0.25, 0.3) is 5.56 Å². The van der Waals surface area contributed by atoms with E-state index in [1.807, 2.05) is 0 Å². The van der Waals surface area contributed by atoms with Gasteiger partial charge < -0.3 is 25.1 Å². The Labute approximate surface area is 132 Å². The van der Waals surface area contributed by atoms with Crippen LogP contribution in [0.2, 0.25) is 0 Å². The van der Waals surface area contributed by atoms with Crippen molar-refractivity contribution < 1.29 is 19.9 Å². The van der Waals surface area contributed by atoms with Crippen LogP contribution in [0.1, 0.15) is 12.6 Å². The number of imidazole rings is 1. The van der Waals surface area contributed by atoms with Crippen molar-refractivity contribution in [2.45, 2.75) is 24.9 Å². The van der Waals surface area contributed by atoms with Crippen LogP contribution in [0, 0.1) is 10.1 Å². The molecule has 3 N–H and O–H groups in total. The maximum atomic E-state index is 12.0. The Morgan fingerprint density at radius 3 is 2.79 bits per heavy atom. The number of hydrogen-bond acceptors (Lipinski definition) is 8. The maximum absolute atomic E-state index is 12.0. The molecule has 0 spiro atoms. The molecule has 1 fully saturated rings. The number of aliphatic hydroxyl groups is 2. The van der Waals surface area contributed by atoms with Crippen molar-refractivity contribution in [2.75, 3.05) is 6.61 Å². The molecule has 0 saturated carbocycles. The predicted octanol–water partition coefficient (Wildman–Crippen LogP) is -1.73. The van der Waals surface area contributed by atoms with Crippen molar-refractivity contribution >= 4 is 5.82 Å². The lowest BCUT2D eigenvalue weighted by Crippen LogP contribution is -2.34. The van der Waals surface area contributed by atoms with Gasteiger partial charge in [-0.25, -0.2) is 4.79 Å². The van der Waals surface area contributed by atoms with Gasteiger partial charge in [0.05, 0.1) is 12.7 Å². The summed E-state index contributed by atoms with van der Waals surface area (Å²) in [6.45, 7) is -0.420. The lowest BCUT2D eigenvalue weighted by Gasteiger charge is -2.15. The number of aliphatic hydroxyl groups excluding tert-OH is 2. The molecule has 2 aromatic rings. The van der Waals surface area contributed by atoms with Crippen LogP contribution in [0.4, 0.5) is 5.82 Å². The minimum atomic E-state index is -0.961. The quantitative estimate of drug-likeness (QED) is 0.436. The van der Waals surface area contributed by atoms with E-state index in [1.165, 1.54) is 0 Å². The van der Waals surface area contributed by atoms with Crippen molar-refractivity contribution in [3.05, 3.63) is 49.7 Å². The molecule has 3 rings (SSSR count). The van der Waals surface area contributed by atoms with Crippen molar-refractivity contribution in [3.63, 3.8) is 0 Å². The summed E-state index contributed by atoms with van der Waals surface area (Å²) in [5.74, 6) is -0.458. The molecule has 3 atom stereocenters. The second kappa shape index (κ2) is 5.99. The van der Waals surface area contributed by atoms with Crippen LogP contribution >= 0.6 is 0 Å². The minimum absolute atomic E-state index is 0.0424. The molecule has 24 heavy (non-hydrogen) atoms. The molecule has 12 heteroatoms. The maximum Gasteiger partial charge on any atom is 0.381 e. The molecular weight excluding hydrogens is 326 g/mol. The van der Waals surface area contributed by atoms with Gasteiger partial charge in [0.2, 0.25) is 6.33 Å². The fourth-order valence-electron chi connectivity index (χ4n) is 2.46. The molecule has 0 aliphatic carbocycles. The highest BCUT2D eigenvalue weighted by Crippen LogP contribution is 2.27. The van der Waals surface area contributed by atoms with E-state index >= 15 is 0 Å². The fraction of sp³-hybridized carbons (Fsp3) is 0.417. The Bertz CT molecular complexity index is 884. The first-order valence-electron chi connectivity index (χ1n) is 6.89. The number of aromatic nitrogens is 4. The molecule has 128 valence electrons. The third kappa shape index (κ3) is 2.73. The van der Waals surface area contributed by atoms with Gasteiger partial charge in [-0.1, -0.05) is 0 Å². The lowest BCUT2D eigenvalue weighted by atomic mass is 10.2. The van der Waals surface area contributed by atoms with E-state index in [2.05, 4.69) is 9.97 Å². The van der Waals surface area contributed by atoms with Crippen LogP contribution in [0.15, 0.2) is 28.3 Å². The zero-order chi connectivity index (χ0) is 17.4. The normalized spacial score (nSPS) is 23.5.